The molecule has 2 unspecified atom stereocenters. The number of benzene rings is 1. The first-order valence-electron chi connectivity index (χ1n) is 5.64. The van der Waals surface area contributed by atoms with E-state index in [0.717, 1.165) is 0 Å². The number of rotatable bonds is 5. The number of halogens is 1. The van der Waals surface area contributed by atoms with Gasteiger partial charge in [-0.3, -0.25) is 0 Å². The van der Waals surface area contributed by atoms with Crippen LogP contribution in [0.15, 0.2) is 23.1 Å². The molecule has 19 heavy (non-hydrogen) atoms. The Balaban J connectivity index is 3.14. The highest BCUT2D eigenvalue weighted by Crippen LogP contribution is 2.21. The number of nitrogens with zero attached hydrogens (tertiary/aromatic N) is 1. The number of hydrogen-bond acceptors (Lipinski definition) is 4. The molecule has 0 aliphatic heterocycles. The summed E-state index contributed by atoms with van der Waals surface area (Å²) in [6, 6.07) is 5.41. The summed E-state index contributed by atoms with van der Waals surface area (Å²) in [6.45, 7) is 3.23. The summed E-state index contributed by atoms with van der Waals surface area (Å²) in [5.74, 6) is -0.237. The van der Waals surface area contributed by atoms with Crippen LogP contribution in [0.4, 0.5) is 0 Å². The van der Waals surface area contributed by atoms with Crippen LogP contribution in [0, 0.1) is 17.2 Å². The molecule has 0 aromatic heterocycles. The molecule has 2 atom stereocenters. The van der Waals surface area contributed by atoms with Gasteiger partial charge in [0.15, 0.2) is 0 Å². The van der Waals surface area contributed by atoms with Gasteiger partial charge in [0.2, 0.25) is 10.0 Å². The van der Waals surface area contributed by atoms with Crippen LogP contribution in [0.3, 0.4) is 0 Å². The fourth-order valence-electron chi connectivity index (χ4n) is 1.39. The van der Waals surface area contributed by atoms with Gasteiger partial charge in [0.1, 0.15) is 11.0 Å². The molecule has 0 amide bonds. The molecule has 5 nitrogen and oxygen atoms in total. The summed E-state index contributed by atoms with van der Waals surface area (Å²) in [5.41, 5.74) is 0.0285. The van der Waals surface area contributed by atoms with Gasteiger partial charge >= 0.3 is 0 Å². The van der Waals surface area contributed by atoms with Gasteiger partial charge in [0, 0.05) is 17.7 Å². The SMILES string of the molecule is CC(CO)C(C)NS(=O)(=O)c1cc(Cl)ccc1C#N. The largest absolute Gasteiger partial charge is 0.396 e. The van der Waals surface area contributed by atoms with Crippen LogP contribution in [0.25, 0.3) is 0 Å². The van der Waals surface area contributed by atoms with Crippen molar-refractivity contribution in [1.29, 1.82) is 5.26 Å². The fraction of sp³-hybridized carbons (Fsp3) is 0.417. The van der Waals surface area contributed by atoms with Crippen molar-refractivity contribution in [3.05, 3.63) is 28.8 Å². The summed E-state index contributed by atoms with van der Waals surface area (Å²) < 4.78 is 26.8. The predicted octanol–water partition coefficient (Wildman–Crippen LogP) is 1.51. The molecular weight excluding hydrogens is 288 g/mol. The van der Waals surface area contributed by atoms with Gasteiger partial charge < -0.3 is 5.11 Å². The average molecular weight is 303 g/mol. The molecule has 1 aromatic carbocycles. The van der Waals surface area contributed by atoms with Crippen molar-refractivity contribution in [1.82, 2.24) is 4.72 Å². The Kier molecular flexibility index (Phi) is 5.32. The van der Waals surface area contributed by atoms with Crippen molar-refractivity contribution in [2.24, 2.45) is 5.92 Å². The first kappa shape index (κ1) is 15.9. The number of sulfonamides is 1. The molecule has 1 aromatic rings. The van der Waals surface area contributed by atoms with Gasteiger partial charge in [0.05, 0.1) is 5.56 Å². The monoisotopic (exact) mass is 302 g/mol. The molecule has 0 saturated heterocycles. The third-order valence-corrected chi connectivity index (χ3v) is 4.67. The van der Waals surface area contributed by atoms with Gasteiger partial charge in [-0.15, -0.1) is 0 Å². The second-order valence-electron chi connectivity index (χ2n) is 4.32. The maximum atomic E-state index is 12.2. The van der Waals surface area contributed by atoms with E-state index in [2.05, 4.69) is 4.72 Å². The summed E-state index contributed by atoms with van der Waals surface area (Å²) in [7, 11) is -3.85. The van der Waals surface area contributed by atoms with Crippen molar-refractivity contribution < 1.29 is 13.5 Å². The molecule has 0 saturated carbocycles. The van der Waals surface area contributed by atoms with E-state index in [-0.39, 0.29) is 28.0 Å². The van der Waals surface area contributed by atoms with Gasteiger partial charge in [-0.1, -0.05) is 18.5 Å². The quantitative estimate of drug-likeness (QED) is 0.862. The Bertz CT molecular complexity index is 595. The average Bonchev–Trinajstić information content (AvgIpc) is 2.37. The highest BCUT2D eigenvalue weighted by Gasteiger charge is 2.23. The molecule has 2 N–H and O–H groups in total. The normalized spacial score (nSPS) is 14.7. The van der Waals surface area contributed by atoms with E-state index in [4.69, 9.17) is 22.0 Å². The molecule has 104 valence electrons. The minimum absolute atomic E-state index is 0.0285. The van der Waals surface area contributed by atoms with E-state index < -0.39 is 16.1 Å². The molecule has 0 radical (unpaired) electrons. The predicted molar refractivity (Wildman–Crippen MR) is 72.2 cm³/mol. The van der Waals surface area contributed by atoms with Crippen molar-refractivity contribution in [2.75, 3.05) is 6.61 Å². The lowest BCUT2D eigenvalue weighted by Gasteiger charge is -2.19. The molecule has 0 aliphatic rings. The highest BCUT2D eigenvalue weighted by atomic mass is 35.5. The maximum absolute atomic E-state index is 12.2. The third kappa shape index (κ3) is 3.91. The van der Waals surface area contributed by atoms with Crippen molar-refractivity contribution >= 4 is 21.6 Å². The Labute approximate surface area is 117 Å². The Morgan fingerprint density at radius 3 is 2.63 bits per heavy atom. The summed E-state index contributed by atoms with van der Waals surface area (Å²) in [6.07, 6.45) is 0. The van der Waals surface area contributed by atoms with E-state index in [1.807, 2.05) is 6.07 Å². The first-order chi connectivity index (χ1) is 8.81. The van der Waals surface area contributed by atoms with Gasteiger partial charge in [-0.05, 0) is 31.0 Å². The molecule has 0 spiro atoms. The molecule has 0 bridgehead atoms. The number of aliphatic hydroxyl groups excluding tert-OH is 1. The molecule has 1 rings (SSSR count). The fourth-order valence-corrected chi connectivity index (χ4v) is 3.16. The van der Waals surface area contributed by atoms with E-state index in [0.29, 0.717) is 0 Å². The summed E-state index contributed by atoms with van der Waals surface area (Å²) >= 11 is 5.76. The number of aliphatic hydroxyl groups is 1. The first-order valence-corrected chi connectivity index (χ1v) is 7.50. The molecule has 7 heteroatoms. The van der Waals surface area contributed by atoms with Crippen LogP contribution >= 0.6 is 11.6 Å². The summed E-state index contributed by atoms with van der Waals surface area (Å²) in [5, 5.41) is 18.2. The highest BCUT2D eigenvalue weighted by molar-refractivity contribution is 7.89. The lowest BCUT2D eigenvalue weighted by molar-refractivity contribution is 0.216. The van der Waals surface area contributed by atoms with Crippen molar-refractivity contribution in [3.63, 3.8) is 0 Å². The van der Waals surface area contributed by atoms with Gasteiger partial charge in [-0.25, -0.2) is 13.1 Å². The topological polar surface area (TPSA) is 90.2 Å². The Morgan fingerprint density at radius 2 is 2.11 bits per heavy atom. The minimum atomic E-state index is -3.85. The summed E-state index contributed by atoms with van der Waals surface area (Å²) in [4.78, 5) is -0.153. The molecular formula is C12H15ClN2O3S. The molecule has 0 heterocycles. The zero-order valence-electron chi connectivity index (χ0n) is 10.6. The lowest BCUT2D eigenvalue weighted by atomic mass is 10.1. The smallest absolute Gasteiger partial charge is 0.242 e. The van der Waals surface area contributed by atoms with Crippen LogP contribution < -0.4 is 4.72 Å². The lowest BCUT2D eigenvalue weighted by Crippen LogP contribution is -2.38. The van der Waals surface area contributed by atoms with Crippen molar-refractivity contribution in [3.8, 4) is 6.07 Å². The van der Waals surface area contributed by atoms with Crippen LogP contribution in [0.1, 0.15) is 19.4 Å². The van der Waals surface area contributed by atoms with Crippen molar-refractivity contribution in [2.45, 2.75) is 24.8 Å². The van der Waals surface area contributed by atoms with E-state index in [9.17, 15) is 8.42 Å². The van der Waals surface area contributed by atoms with Crippen LogP contribution in [-0.2, 0) is 10.0 Å². The van der Waals surface area contributed by atoms with Crippen LogP contribution in [-0.4, -0.2) is 26.2 Å². The maximum Gasteiger partial charge on any atom is 0.242 e. The van der Waals surface area contributed by atoms with Gasteiger partial charge in [0.25, 0.3) is 0 Å². The van der Waals surface area contributed by atoms with E-state index >= 15 is 0 Å². The Morgan fingerprint density at radius 1 is 1.47 bits per heavy atom. The zero-order chi connectivity index (χ0) is 14.6. The molecule has 0 aliphatic carbocycles. The minimum Gasteiger partial charge on any atom is -0.396 e. The third-order valence-electron chi connectivity index (χ3n) is 2.84. The standard InChI is InChI=1S/C12H15ClN2O3S/c1-8(7-16)9(2)15-19(17,18)12-5-11(13)4-3-10(12)6-14/h3-5,8-9,15-16H,7H2,1-2H3. The number of hydrogen-bond donors (Lipinski definition) is 2. The van der Waals surface area contributed by atoms with E-state index in [1.54, 1.807) is 13.8 Å². The van der Waals surface area contributed by atoms with Crippen LogP contribution in [0.5, 0.6) is 0 Å². The van der Waals surface area contributed by atoms with Crippen LogP contribution in [0.2, 0.25) is 5.02 Å². The molecule has 0 fully saturated rings. The second-order valence-corrected chi connectivity index (χ2v) is 6.44. The Hall–Kier alpha value is -1.13. The van der Waals surface area contributed by atoms with Gasteiger partial charge in [-0.2, -0.15) is 5.26 Å². The zero-order valence-corrected chi connectivity index (χ0v) is 12.2. The van der Waals surface area contributed by atoms with E-state index in [1.165, 1.54) is 18.2 Å². The number of nitrogens with one attached hydrogen (secondary N) is 1. The second kappa shape index (κ2) is 6.35. The number of nitriles is 1.